The lowest BCUT2D eigenvalue weighted by atomic mass is 9.34. The van der Waals surface area contributed by atoms with Crippen LogP contribution in [0.4, 0.5) is 0 Å². The van der Waals surface area contributed by atoms with Crippen molar-refractivity contribution in [2.45, 2.75) is 162 Å². The Morgan fingerprint density at radius 1 is 0.911 bits per heavy atom. The minimum Gasteiger partial charge on any atom is -0.394 e. The van der Waals surface area contributed by atoms with Gasteiger partial charge < -0.3 is 40.1 Å². The second-order valence-electron chi connectivity index (χ2n) is 17.9. The van der Waals surface area contributed by atoms with Crippen molar-refractivity contribution < 1.29 is 40.1 Å². The van der Waals surface area contributed by atoms with Gasteiger partial charge in [0.15, 0.2) is 6.29 Å². The van der Waals surface area contributed by atoms with Gasteiger partial charge in [-0.2, -0.15) is 0 Å². The van der Waals surface area contributed by atoms with E-state index in [-0.39, 0.29) is 45.5 Å². The Kier molecular flexibility index (Phi) is 9.59. The first-order valence-electron chi connectivity index (χ1n) is 17.8. The number of allylic oxidation sites excluding steroid dienone is 2. The van der Waals surface area contributed by atoms with Gasteiger partial charge in [-0.15, -0.1) is 0 Å². The molecular formula is C37H64O8. The largest absolute Gasteiger partial charge is 0.394 e. The van der Waals surface area contributed by atoms with Crippen molar-refractivity contribution in [3.8, 4) is 0 Å². The van der Waals surface area contributed by atoms with Crippen molar-refractivity contribution >= 4 is 0 Å². The predicted octanol–water partition coefficient (Wildman–Crippen LogP) is 4.57. The third-order valence-corrected chi connectivity index (χ3v) is 14.8. The average molecular weight is 637 g/mol. The lowest BCUT2D eigenvalue weighted by Gasteiger charge is -2.71. The first-order valence-corrected chi connectivity index (χ1v) is 17.8. The first kappa shape index (κ1) is 35.7. The predicted molar refractivity (Wildman–Crippen MR) is 173 cm³/mol. The summed E-state index contributed by atoms with van der Waals surface area (Å²) in [4.78, 5) is 0. The third-order valence-electron chi connectivity index (χ3n) is 14.8. The molecule has 0 amide bonds. The summed E-state index contributed by atoms with van der Waals surface area (Å²) in [6, 6.07) is 0. The van der Waals surface area contributed by atoms with Gasteiger partial charge in [-0.3, -0.25) is 0 Å². The van der Waals surface area contributed by atoms with Gasteiger partial charge in [-0.1, -0.05) is 53.2 Å². The summed E-state index contributed by atoms with van der Waals surface area (Å²) in [6.07, 6.45) is 1.70. The summed E-state index contributed by atoms with van der Waals surface area (Å²) in [5, 5.41) is 65.4. The number of hydrogen-bond acceptors (Lipinski definition) is 8. The van der Waals surface area contributed by atoms with E-state index in [9.17, 15) is 30.6 Å². The molecule has 5 aliphatic rings. The number of fused-ring (bicyclic) bond motifs is 5. The summed E-state index contributed by atoms with van der Waals surface area (Å²) in [5.41, 5.74) is 0.0828. The van der Waals surface area contributed by atoms with Crippen molar-refractivity contribution in [3.05, 3.63) is 11.6 Å². The minimum absolute atomic E-state index is 0.00104. The molecule has 6 N–H and O–H groups in total. The Morgan fingerprint density at radius 2 is 1.56 bits per heavy atom. The van der Waals surface area contributed by atoms with E-state index in [4.69, 9.17) is 9.47 Å². The van der Waals surface area contributed by atoms with Crippen LogP contribution in [0.1, 0.15) is 114 Å². The zero-order chi connectivity index (χ0) is 33.5. The second kappa shape index (κ2) is 12.1. The molecule has 5 rings (SSSR count). The molecule has 0 aromatic carbocycles. The lowest BCUT2D eigenvalue weighted by molar-refractivity contribution is -0.336. The zero-order valence-corrected chi connectivity index (χ0v) is 29.4. The first-order chi connectivity index (χ1) is 20.8. The van der Waals surface area contributed by atoms with E-state index in [0.29, 0.717) is 18.3 Å². The fourth-order valence-corrected chi connectivity index (χ4v) is 12.5. The van der Waals surface area contributed by atoms with E-state index >= 15 is 0 Å². The quantitative estimate of drug-likeness (QED) is 0.224. The summed E-state index contributed by atoms with van der Waals surface area (Å²) >= 11 is 0. The summed E-state index contributed by atoms with van der Waals surface area (Å²) in [5.74, 6) is 0.870. The Hall–Kier alpha value is -0.580. The molecule has 16 atom stereocenters. The van der Waals surface area contributed by atoms with Crippen LogP contribution in [0.3, 0.4) is 0 Å². The minimum atomic E-state index is -1.51. The fourth-order valence-electron chi connectivity index (χ4n) is 12.5. The summed E-state index contributed by atoms with van der Waals surface area (Å²) < 4.78 is 12.6. The highest BCUT2D eigenvalue weighted by Gasteiger charge is 2.72. The van der Waals surface area contributed by atoms with E-state index in [1.54, 1.807) is 0 Å². The van der Waals surface area contributed by atoms with Gasteiger partial charge in [0.05, 0.1) is 24.4 Å². The topological polar surface area (TPSA) is 140 Å². The van der Waals surface area contributed by atoms with Crippen molar-refractivity contribution in [1.82, 2.24) is 0 Å². The second-order valence-corrected chi connectivity index (χ2v) is 17.9. The Labute approximate surface area is 271 Å². The molecule has 1 aliphatic heterocycles. The van der Waals surface area contributed by atoms with E-state index < -0.39 is 49.0 Å². The average Bonchev–Trinajstić information content (AvgIpc) is 3.34. The van der Waals surface area contributed by atoms with E-state index in [2.05, 4.69) is 68.4 Å². The standard InChI is InChI=1S/C37H64O8/c1-20(2)11-10-14-37(9,45-32-30(42)29(41)28(40)24(19-38)44-32)22-12-15-36(8)27(22)23(39)17-26-34(6)18-21(3)31(43)33(4,5)25(34)13-16-35(26,36)7/h11,21-32,38-43H,10,12-19H2,1-9H3/t21-,22?,23-,24-,25?,26?,27?,28-,29+,30-,31+,32+,34+,35-,36-,37+/m1/s1. The van der Waals surface area contributed by atoms with Crippen LogP contribution in [0.5, 0.6) is 0 Å². The van der Waals surface area contributed by atoms with Gasteiger partial charge in [0.1, 0.15) is 24.4 Å². The molecule has 260 valence electrons. The van der Waals surface area contributed by atoms with Crippen LogP contribution in [-0.4, -0.2) is 85.8 Å². The summed E-state index contributed by atoms with van der Waals surface area (Å²) in [6.45, 7) is 19.8. The highest BCUT2D eigenvalue weighted by molar-refractivity contribution is 5.20. The van der Waals surface area contributed by atoms with Crippen LogP contribution in [0, 0.1) is 51.2 Å². The SMILES string of the molecule is CC(C)=CCC[C@](C)(O[C@@H]1O[C@H](CO)[C@@H](O)[C@H](O)[C@H]1O)C1CC[C@]2(C)C1[C@H](O)CC1[C@@]3(C)C[C@@H](C)[C@H](O)C(C)(C)C3CC[C@]12C. The maximum Gasteiger partial charge on any atom is 0.187 e. The summed E-state index contributed by atoms with van der Waals surface area (Å²) in [7, 11) is 0. The maximum atomic E-state index is 12.3. The molecule has 45 heavy (non-hydrogen) atoms. The molecule has 4 unspecified atom stereocenters. The lowest BCUT2D eigenvalue weighted by Crippen LogP contribution is -2.67. The van der Waals surface area contributed by atoms with Gasteiger partial charge in [-0.05, 0) is 123 Å². The third kappa shape index (κ3) is 5.40. The molecule has 0 radical (unpaired) electrons. The highest BCUT2D eigenvalue weighted by Crippen LogP contribution is 2.76. The molecule has 4 saturated carbocycles. The molecule has 0 spiro atoms. The van der Waals surface area contributed by atoms with Crippen molar-refractivity contribution in [1.29, 1.82) is 0 Å². The highest BCUT2D eigenvalue weighted by atomic mass is 16.7. The fraction of sp³-hybridized carbons (Fsp3) is 0.946. The van der Waals surface area contributed by atoms with Crippen molar-refractivity contribution in [3.63, 3.8) is 0 Å². The van der Waals surface area contributed by atoms with Crippen LogP contribution < -0.4 is 0 Å². The molecule has 0 aromatic heterocycles. The van der Waals surface area contributed by atoms with Crippen LogP contribution in [0.15, 0.2) is 11.6 Å². The monoisotopic (exact) mass is 636 g/mol. The van der Waals surface area contributed by atoms with Gasteiger partial charge in [0, 0.05) is 0 Å². The Balaban J connectivity index is 1.50. The van der Waals surface area contributed by atoms with Crippen molar-refractivity contribution in [2.75, 3.05) is 6.61 Å². The number of aliphatic hydroxyl groups excluding tert-OH is 6. The van der Waals surface area contributed by atoms with Gasteiger partial charge in [-0.25, -0.2) is 0 Å². The number of rotatable bonds is 7. The molecule has 4 aliphatic carbocycles. The molecule has 8 heteroatoms. The molecule has 8 nitrogen and oxygen atoms in total. The van der Waals surface area contributed by atoms with Crippen LogP contribution in [0.2, 0.25) is 0 Å². The van der Waals surface area contributed by atoms with Crippen LogP contribution in [0.25, 0.3) is 0 Å². The number of aliphatic hydroxyl groups is 6. The zero-order valence-electron chi connectivity index (χ0n) is 29.4. The van der Waals surface area contributed by atoms with Crippen LogP contribution in [-0.2, 0) is 9.47 Å². The van der Waals surface area contributed by atoms with Gasteiger partial charge in [0.2, 0.25) is 0 Å². The van der Waals surface area contributed by atoms with E-state index in [0.717, 1.165) is 44.9 Å². The smallest absolute Gasteiger partial charge is 0.187 e. The molecule has 1 saturated heterocycles. The number of ether oxygens (including phenoxy) is 2. The van der Waals surface area contributed by atoms with E-state index in [1.807, 2.05) is 0 Å². The van der Waals surface area contributed by atoms with Gasteiger partial charge >= 0.3 is 0 Å². The molecule has 0 bridgehead atoms. The molecule has 5 fully saturated rings. The molecule has 1 heterocycles. The maximum absolute atomic E-state index is 12.3. The van der Waals surface area contributed by atoms with Gasteiger partial charge in [0.25, 0.3) is 0 Å². The van der Waals surface area contributed by atoms with E-state index in [1.165, 1.54) is 5.57 Å². The Bertz CT molecular complexity index is 1100. The Morgan fingerprint density at radius 3 is 2.18 bits per heavy atom. The molecular weight excluding hydrogens is 572 g/mol. The van der Waals surface area contributed by atoms with Crippen molar-refractivity contribution in [2.24, 2.45) is 51.2 Å². The number of hydrogen-bond donors (Lipinski definition) is 6. The normalized spacial score (nSPS) is 52.2. The van der Waals surface area contributed by atoms with Crippen LogP contribution >= 0.6 is 0 Å². The molecule has 0 aromatic rings.